The molecule has 0 spiro atoms. The summed E-state index contributed by atoms with van der Waals surface area (Å²) in [6.07, 6.45) is 0. The Morgan fingerprint density at radius 1 is 1.23 bits per heavy atom. The van der Waals surface area contributed by atoms with Gasteiger partial charge in [0, 0.05) is 18.5 Å². The maximum atomic E-state index is 12.2. The second kappa shape index (κ2) is 7.67. The van der Waals surface area contributed by atoms with Crippen LogP contribution < -0.4 is 4.90 Å². The molecule has 1 amide bonds. The number of hydrogen-bond acceptors (Lipinski definition) is 3. The van der Waals surface area contributed by atoms with Crippen LogP contribution in [0, 0.1) is 18.3 Å². The third-order valence-electron chi connectivity index (χ3n) is 3.31. The van der Waals surface area contributed by atoms with Crippen LogP contribution in [0.3, 0.4) is 0 Å². The van der Waals surface area contributed by atoms with Gasteiger partial charge in [-0.1, -0.05) is 35.9 Å². The summed E-state index contributed by atoms with van der Waals surface area (Å²) in [4.78, 5) is 13.8. The maximum Gasteiger partial charge on any atom is 0.236 e. The van der Waals surface area contributed by atoms with Gasteiger partial charge in [0.2, 0.25) is 5.91 Å². The van der Waals surface area contributed by atoms with Crippen molar-refractivity contribution in [2.45, 2.75) is 12.7 Å². The highest BCUT2D eigenvalue weighted by Crippen LogP contribution is 2.18. The lowest BCUT2D eigenvalue weighted by Crippen LogP contribution is -2.28. The average molecular weight is 310 g/mol. The summed E-state index contributed by atoms with van der Waals surface area (Å²) in [7, 11) is 1.74. The van der Waals surface area contributed by atoms with Crippen LogP contribution in [0.5, 0.6) is 0 Å². The van der Waals surface area contributed by atoms with Crippen molar-refractivity contribution in [1.29, 1.82) is 5.26 Å². The molecule has 2 aromatic rings. The molecule has 0 radical (unpaired) electrons. The minimum Gasteiger partial charge on any atom is -0.315 e. The van der Waals surface area contributed by atoms with Crippen LogP contribution in [0.2, 0.25) is 0 Å². The lowest BCUT2D eigenvalue weighted by Gasteiger charge is -2.17. The first-order valence-electron chi connectivity index (χ1n) is 7.00. The lowest BCUT2D eigenvalue weighted by molar-refractivity contribution is -0.115. The van der Waals surface area contributed by atoms with E-state index < -0.39 is 0 Å². The number of nitrogens with zero attached hydrogens (tertiary/aromatic N) is 2. The van der Waals surface area contributed by atoms with E-state index >= 15 is 0 Å². The zero-order chi connectivity index (χ0) is 15.9. The number of benzene rings is 2. The van der Waals surface area contributed by atoms with E-state index in [4.69, 9.17) is 5.26 Å². The van der Waals surface area contributed by atoms with Gasteiger partial charge < -0.3 is 4.90 Å². The van der Waals surface area contributed by atoms with Gasteiger partial charge in [-0.2, -0.15) is 5.26 Å². The first-order valence-corrected chi connectivity index (χ1v) is 8.15. The van der Waals surface area contributed by atoms with E-state index in [2.05, 4.69) is 31.2 Å². The van der Waals surface area contributed by atoms with Crippen molar-refractivity contribution in [1.82, 2.24) is 0 Å². The first-order chi connectivity index (χ1) is 10.6. The van der Waals surface area contributed by atoms with Gasteiger partial charge in [0.1, 0.15) is 0 Å². The van der Waals surface area contributed by atoms with Crippen molar-refractivity contribution in [2.75, 3.05) is 17.7 Å². The van der Waals surface area contributed by atoms with Crippen molar-refractivity contribution in [3.05, 3.63) is 65.2 Å². The number of hydrogen-bond donors (Lipinski definition) is 0. The second-order valence-electron chi connectivity index (χ2n) is 5.10. The van der Waals surface area contributed by atoms with E-state index in [1.807, 2.05) is 12.1 Å². The third kappa shape index (κ3) is 4.37. The number of aryl methyl sites for hydroxylation is 1. The van der Waals surface area contributed by atoms with Crippen LogP contribution in [0.15, 0.2) is 48.5 Å². The molecular weight excluding hydrogens is 292 g/mol. The predicted octanol–water partition coefficient (Wildman–Crippen LogP) is 3.76. The lowest BCUT2D eigenvalue weighted by atomic mass is 10.2. The SMILES string of the molecule is Cc1cccc(CSCC(=O)N(C)c2cccc(C#N)c2)c1. The summed E-state index contributed by atoms with van der Waals surface area (Å²) in [5.41, 5.74) is 3.77. The largest absolute Gasteiger partial charge is 0.315 e. The number of rotatable bonds is 5. The molecule has 22 heavy (non-hydrogen) atoms. The molecule has 0 saturated carbocycles. The zero-order valence-electron chi connectivity index (χ0n) is 12.7. The van der Waals surface area contributed by atoms with Crippen molar-refractivity contribution >= 4 is 23.4 Å². The molecule has 2 aromatic carbocycles. The average Bonchev–Trinajstić information content (AvgIpc) is 2.54. The molecule has 0 saturated heterocycles. The van der Waals surface area contributed by atoms with Gasteiger partial charge in [0.15, 0.2) is 0 Å². The van der Waals surface area contributed by atoms with Gasteiger partial charge in [0.05, 0.1) is 17.4 Å². The highest BCUT2D eigenvalue weighted by Gasteiger charge is 2.11. The van der Waals surface area contributed by atoms with E-state index in [0.717, 1.165) is 11.4 Å². The van der Waals surface area contributed by atoms with Crippen LogP contribution >= 0.6 is 11.8 Å². The fourth-order valence-electron chi connectivity index (χ4n) is 2.08. The van der Waals surface area contributed by atoms with Crippen LogP contribution in [-0.4, -0.2) is 18.7 Å². The zero-order valence-corrected chi connectivity index (χ0v) is 13.6. The fourth-order valence-corrected chi connectivity index (χ4v) is 2.97. The van der Waals surface area contributed by atoms with Gasteiger partial charge in [0.25, 0.3) is 0 Å². The second-order valence-corrected chi connectivity index (χ2v) is 6.08. The third-order valence-corrected chi connectivity index (χ3v) is 4.30. The molecule has 0 aliphatic rings. The summed E-state index contributed by atoms with van der Waals surface area (Å²) in [5.74, 6) is 1.27. The topological polar surface area (TPSA) is 44.1 Å². The van der Waals surface area contributed by atoms with E-state index in [0.29, 0.717) is 11.3 Å². The molecule has 0 heterocycles. The molecule has 0 bridgehead atoms. The molecule has 0 unspecified atom stereocenters. The van der Waals surface area contributed by atoms with Gasteiger partial charge in [-0.15, -0.1) is 11.8 Å². The summed E-state index contributed by atoms with van der Waals surface area (Å²) < 4.78 is 0. The molecule has 2 rings (SSSR count). The van der Waals surface area contributed by atoms with Crippen molar-refractivity contribution in [3.8, 4) is 6.07 Å². The van der Waals surface area contributed by atoms with Crippen molar-refractivity contribution in [3.63, 3.8) is 0 Å². The predicted molar refractivity (Wildman–Crippen MR) is 91.9 cm³/mol. The molecule has 0 atom stereocenters. The minimum absolute atomic E-state index is 0.0349. The summed E-state index contributed by atoms with van der Waals surface area (Å²) in [6, 6.07) is 17.5. The van der Waals surface area contributed by atoms with Gasteiger partial charge >= 0.3 is 0 Å². The molecule has 0 aliphatic carbocycles. The van der Waals surface area contributed by atoms with Crippen LogP contribution in [0.1, 0.15) is 16.7 Å². The van der Waals surface area contributed by atoms with Gasteiger partial charge in [-0.25, -0.2) is 0 Å². The number of amides is 1. The smallest absolute Gasteiger partial charge is 0.236 e. The Morgan fingerprint density at radius 2 is 2.00 bits per heavy atom. The Hall–Kier alpha value is -2.25. The molecule has 0 aromatic heterocycles. The minimum atomic E-state index is 0.0349. The molecule has 0 fully saturated rings. The van der Waals surface area contributed by atoms with Crippen LogP contribution in [0.25, 0.3) is 0 Å². The molecule has 4 heteroatoms. The standard InChI is InChI=1S/C18H18N2OS/c1-14-5-3-7-16(9-14)12-22-13-18(21)20(2)17-8-4-6-15(10-17)11-19/h3-10H,12-13H2,1-2H3. The summed E-state index contributed by atoms with van der Waals surface area (Å²) in [6.45, 7) is 2.06. The van der Waals surface area contributed by atoms with Gasteiger partial charge in [-0.3, -0.25) is 4.79 Å². The Morgan fingerprint density at radius 3 is 2.73 bits per heavy atom. The number of carbonyl (C=O) groups is 1. The Bertz CT molecular complexity index is 706. The summed E-state index contributed by atoms with van der Waals surface area (Å²) >= 11 is 1.60. The highest BCUT2D eigenvalue weighted by molar-refractivity contribution is 7.99. The van der Waals surface area contributed by atoms with E-state index in [9.17, 15) is 4.79 Å². The van der Waals surface area contributed by atoms with Crippen LogP contribution in [-0.2, 0) is 10.5 Å². The molecular formula is C18H18N2OS. The monoisotopic (exact) mass is 310 g/mol. The number of carbonyl (C=O) groups excluding carboxylic acids is 1. The quantitative estimate of drug-likeness (QED) is 0.844. The van der Waals surface area contributed by atoms with E-state index in [-0.39, 0.29) is 5.91 Å². The van der Waals surface area contributed by atoms with Crippen LogP contribution in [0.4, 0.5) is 5.69 Å². The number of thioether (sulfide) groups is 1. The number of anilines is 1. The molecule has 0 aliphatic heterocycles. The van der Waals surface area contributed by atoms with E-state index in [1.54, 1.807) is 41.9 Å². The Labute approximate surface area is 135 Å². The highest BCUT2D eigenvalue weighted by atomic mass is 32.2. The van der Waals surface area contributed by atoms with Crippen molar-refractivity contribution < 1.29 is 4.79 Å². The molecule has 0 N–H and O–H groups in total. The Balaban J connectivity index is 1.90. The van der Waals surface area contributed by atoms with E-state index in [1.165, 1.54) is 11.1 Å². The first kappa shape index (κ1) is 16.1. The Kier molecular flexibility index (Phi) is 5.62. The fraction of sp³-hybridized carbons (Fsp3) is 0.222. The van der Waals surface area contributed by atoms with Gasteiger partial charge in [-0.05, 0) is 30.7 Å². The molecule has 3 nitrogen and oxygen atoms in total. The summed E-state index contributed by atoms with van der Waals surface area (Å²) in [5, 5.41) is 8.91. The van der Waals surface area contributed by atoms with Crippen molar-refractivity contribution in [2.24, 2.45) is 0 Å². The maximum absolute atomic E-state index is 12.2. The normalized spacial score (nSPS) is 10.0. The molecule has 112 valence electrons. The number of nitriles is 1.